The van der Waals surface area contributed by atoms with Gasteiger partial charge in [-0.2, -0.15) is 0 Å². The minimum Gasteiger partial charge on any atom is -0.352 e. The Balaban J connectivity index is 1.86. The number of aromatic nitrogens is 1. The highest BCUT2D eigenvalue weighted by atomic mass is 32.2. The van der Waals surface area contributed by atoms with Gasteiger partial charge in [-0.15, -0.1) is 0 Å². The first kappa shape index (κ1) is 15.7. The molecule has 0 aromatic carbocycles. The number of rotatable bonds is 4. The molecule has 1 saturated heterocycles. The van der Waals surface area contributed by atoms with Gasteiger partial charge in [0, 0.05) is 37.3 Å². The molecule has 0 aliphatic carbocycles. The summed E-state index contributed by atoms with van der Waals surface area (Å²) in [6.07, 6.45) is 3.72. The number of hydrogen-bond acceptors (Lipinski definition) is 4. The van der Waals surface area contributed by atoms with Gasteiger partial charge in [0.15, 0.2) is 0 Å². The van der Waals surface area contributed by atoms with Crippen molar-refractivity contribution in [2.45, 2.75) is 19.4 Å². The molecule has 0 bridgehead atoms. The molecule has 1 aromatic rings. The number of nitrogens with one attached hydrogen (secondary N) is 2. The average molecular weight is 313 g/mol. The van der Waals surface area contributed by atoms with Crippen LogP contribution in [0.4, 0.5) is 0 Å². The zero-order valence-electron chi connectivity index (χ0n) is 11.8. The Morgan fingerprint density at radius 1 is 1.43 bits per heavy atom. The summed E-state index contributed by atoms with van der Waals surface area (Å²) in [7, 11) is -3.18. The number of H-pyrrole nitrogens is 1. The van der Waals surface area contributed by atoms with Gasteiger partial charge in [-0.3, -0.25) is 9.59 Å². The summed E-state index contributed by atoms with van der Waals surface area (Å²) in [6.45, 7) is 0.910. The van der Waals surface area contributed by atoms with Crippen molar-refractivity contribution in [3.05, 3.63) is 34.2 Å². The molecule has 2 rings (SSSR count). The van der Waals surface area contributed by atoms with Crippen LogP contribution in [0.2, 0.25) is 0 Å². The lowest BCUT2D eigenvalue weighted by Crippen LogP contribution is -2.42. The summed E-state index contributed by atoms with van der Waals surface area (Å²) in [6, 6.07) is 3.36. The molecule has 1 aliphatic rings. The topological polar surface area (TPSA) is 99.3 Å². The van der Waals surface area contributed by atoms with Crippen LogP contribution < -0.4 is 10.9 Å². The van der Waals surface area contributed by atoms with Crippen molar-refractivity contribution in [3.63, 3.8) is 0 Å². The van der Waals surface area contributed by atoms with E-state index in [1.165, 1.54) is 16.8 Å². The standard InChI is InChI=1S/C13H19N3O4S/c1-21(19,20)16-7-4-10(5-8-16)12(17)15-9-11-3-2-6-14-13(11)18/h2-3,6,10H,4-5,7-9H2,1H3,(H,14,18)(H,15,17). The fourth-order valence-electron chi connectivity index (χ4n) is 2.37. The second kappa shape index (κ2) is 6.40. The van der Waals surface area contributed by atoms with Gasteiger partial charge in [0.05, 0.1) is 6.26 Å². The number of aromatic amines is 1. The monoisotopic (exact) mass is 313 g/mol. The number of carbonyl (C=O) groups is 1. The van der Waals surface area contributed by atoms with E-state index < -0.39 is 10.0 Å². The molecule has 0 atom stereocenters. The van der Waals surface area contributed by atoms with E-state index in [9.17, 15) is 18.0 Å². The summed E-state index contributed by atoms with van der Waals surface area (Å²) < 4.78 is 24.2. The van der Waals surface area contributed by atoms with Crippen LogP contribution in [0.5, 0.6) is 0 Å². The predicted molar refractivity (Wildman–Crippen MR) is 78.1 cm³/mol. The van der Waals surface area contributed by atoms with Gasteiger partial charge in [-0.25, -0.2) is 12.7 Å². The Morgan fingerprint density at radius 3 is 2.67 bits per heavy atom. The van der Waals surface area contributed by atoms with Gasteiger partial charge in [-0.1, -0.05) is 6.07 Å². The fourth-order valence-corrected chi connectivity index (χ4v) is 3.25. The quantitative estimate of drug-likeness (QED) is 0.794. The van der Waals surface area contributed by atoms with Crippen molar-refractivity contribution in [3.8, 4) is 0 Å². The van der Waals surface area contributed by atoms with Crippen molar-refractivity contribution in [1.29, 1.82) is 0 Å². The fraction of sp³-hybridized carbons (Fsp3) is 0.538. The van der Waals surface area contributed by atoms with Gasteiger partial charge in [0.25, 0.3) is 5.56 Å². The lowest BCUT2D eigenvalue weighted by atomic mass is 9.97. The van der Waals surface area contributed by atoms with E-state index in [2.05, 4.69) is 10.3 Å². The first-order valence-electron chi connectivity index (χ1n) is 6.77. The first-order chi connectivity index (χ1) is 9.88. The van der Waals surface area contributed by atoms with Crippen LogP contribution in [-0.2, 0) is 21.4 Å². The second-order valence-electron chi connectivity index (χ2n) is 5.18. The van der Waals surface area contributed by atoms with Gasteiger partial charge in [-0.05, 0) is 18.9 Å². The number of piperidine rings is 1. The Kier molecular flexibility index (Phi) is 4.79. The third-order valence-corrected chi connectivity index (χ3v) is 4.95. The van der Waals surface area contributed by atoms with E-state index in [0.717, 1.165) is 0 Å². The Bertz CT molecular complexity index is 660. The van der Waals surface area contributed by atoms with Crippen LogP contribution in [0.15, 0.2) is 23.1 Å². The summed E-state index contributed by atoms with van der Waals surface area (Å²) in [5, 5.41) is 2.74. The predicted octanol–water partition coefficient (Wildman–Crippen LogP) is -0.337. The molecule has 0 spiro atoms. The van der Waals surface area contributed by atoms with Crippen LogP contribution in [0.1, 0.15) is 18.4 Å². The highest BCUT2D eigenvalue weighted by molar-refractivity contribution is 7.88. The molecule has 1 fully saturated rings. The highest BCUT2D eigenvalue weighted by Gasteiger charge is 2.28. The van der Waals surface area contributed by atoms with E-state index in [4.69, 9.17) is 0 Å². The Hall–Kier alpha value is -1.67. The molecule has 0 radical (unpaired) electrons. The van der Waals surface area contributed by atoms with Crippen LogP contribution in [0, 0.1) is 5.92 Å². The third kappa shape index (κ3) is 4.15. The van der Waals surface area contributed by atoms with E-state index in [0.29, 0.717) is 31.5 Å². The SMILES string of the molecule is CS(=O)(=O)N1CCC(C(=O)NCc2ccc[nH]c2=O)CC1. The maximum Gasteiger partial charge on any atom is 0.252 e. The lowest BCUT2D eigenvalue weighted by Gasteiger charge is -2.29. The minimum absolute atomic E-state index is 0.133. The van der Waals surface area contributed by atoms with Gasteiger partial charge in [0.1, 0.15) is 0 Å². The summed E-state index contributed by atoms with van der Waals surface area (Å²) in [5.41, 5.74) is 0.282. The number of hydrogen-bond donors (Lipinski definition) is 2. The molecule has 116 valence electrons. The van der Waals surface area contributed by atoms with Crippen LogP contribution in [0.3, 0.4) is 0 Å². The first-order valence-corrected chi connectivity index (χ1v) is 8.62. The Labute approximate surface area is 123 Å². The number of sulfonamides is 1. The van der Waals surface area contributed by atoms with Crippen molar-refractivity contribution in [1.82, 2.24) is 14.6 Å². The summed E-state index contributed by atoms with van der Waals surface area (Å²) >= 11 is 0. The number of nitrogens with zero attached hydrogens (tertiary/aromatic N) is 1. The van der Waals surface area contributed by atoms with Crippen LogP contribution in [-0.4, -0.2) is 43.0 Å². The summed E-state index contributed by atoms with van der Waals surface area (Å²) in [5.74, 6) is -0.336. The molecule has 0 saturated carbocycles. The molecule has 1 amide bonds. The second-order valence-corrected chi connectivity index (χ2v) is 7.16. The zero-order valence-corrected chi connectivity index (χ0v) is 12.6. The van der Waals surface area contributed by atoms with Crippen molar-refractivity contribution < 1.29 is 13.2 Å². The maximum absolute atomic E-state index is 12.0. The normalized spacial score (nSPS) is 17.6. The smallest absolute Gasteiger partial charge is 0.252 e. The molecule has 1 aliphatic heterocycles. The van der Waals surface area contributed by atoms with E-state index in [1.54, 1.807) is 12.1 Å². The van der Waals surface area contributed by atoms with Crippen molar-refractivity contribution in [2.24, 2.45) is 5.92 Å². The van der Waals surface area contributed by atoms with Gasteiger partial charge in [0.2, 0.25) is 15.9 Å². The van der Waals surface area contributed by atoms with Gasteiger partial charge >= 0.3 is 0 Å². The molecule has 7 nitrogen and oxygen atoms in total. The Morgan fingerprint density at radius 2 is 2.10 bits per heavy atom. The molecule has 21 heavy (non-hydrogen) atoms. The van der Waals surface area contributed by atoms with Gasteiger partial charge < -0.3 is 10.3 Å². The average Bonchev–Trinajstić information content (AvgIpc) is 2.45. The molecule has 2 heterocycles. The molecule has 0 unspecified atom stereocenters. The van der Waals surface area contributed by atoms with Crippen molar-refractivity contribution in [2.75, 3.05) is 19.3 Å². The molecular formula is C13H19N3O4S. The molecule has 8 heteroatoms. The third-order valence-electron chi connectivity index (χ3n) is 3.65. The van der Waals surface area contributed by atoms with Crippen LogP contribution >= 0.6 is 0 Å². The van der Waals surface area contributed by atoms with E-state index >= 15 is 0 Å². The zero-order chi connectivity index (χ0) is 15.5. The van der Waals surface area contributed by atoms with E-state index in [1.807, 2.05) is 0 Å². The largest absolute Gasteiger partial charge is 0.352 e. The van der Waals surface area contributed by atoms with Crippen LogP contribution in [0.25, 0.3) is 0 Å². The molecule has 1 aromatic heterocycles. The maximum atomic E-state index is 12.0. The number of carbonyl (C=O) groups excluding carboxylic acids is 1. The number of amides is 1. The lowest BCUT2D eigenvalue weighted by molar-refractivity contribution is -0.126. The van der Waals surface area contributed by atoms with Crippen molar-refractivity contribution >= 4 is 15.9 Å². The highest BCUT2D eigenvalue weighted by Crippen LogP contribution is 2.19. The minimum atomic E-state index is -3.18. The van der Waals surface area contributed by atoms with E-state index in [-0.39, 0.29) is 23.9 Å². The summed E-state index contributed by atoms with van der Waals surface area (Å²) in [4.78, 5) is 26.1. The number of pyridine rings is 1. The molecular weight excluding hydrogens is 294 g/mol. The molecule has 2 N–H and O–H groups in total.